The molecule has 3 atom stereocenters. The van der Waals surface area contributed by atoms with Crippen molar-refractivity contribution in [2.75, 3.05) is 11.4 Å². The number of aliphatic imine (C=N–C) groups is 1. The molecule has 0 aromatic heterocycles. The number of hydrogen-bond donors (Lipinski definition) is 1. The Balaban J connectivity index is 2.01. The Morgan fingerprint density at radius 1 is 1.25 bits per heavy atom. The molecule has 0 radical (unpaired) electrons. The Labute approximate surface area is 129 Å². The molecular formula is C16H22BrN3. The molecule has 3 rings (SSSR count). The van der Waals surface area contributed by atoms with Gasteiger partial charge in [0, 0.05) is 10.2 Å². The van der Waals surface area contributed by atoms with Crippen molar-refractivity contribution in [3.63, 3.8) is 0 Å². The molecule has 1 aromatic carbocycles. The van der Waals surface area contributed by atoms with Gasteiger partial charge in [-0.2, -0.15) is 0 Å². The molecule has 1 aliphatic heterocycles. The topological polar surface area (TPSA) is 41.6 Å². The summed E-state index contributed by atoms with van der Waals surface area (Å²) in [5, 5.41) is 0. The first-order chi connectivity index (χ1) is 9.53. The molecule has 20 heavy (non-hydrogen) atoms. The van der Waals surface area contributed by atoms with Gasteiger partial charge in [0.1, 0.15) is 0 Å². The van der Waals surface area contributed by atoms with Crippen molar-refractivity contribution >= 4 is 27.6 Å². The molecule has 1 heterocycles. The third-order valence-corrected chi connectivity index (χ3v) is 5.51. The van der Waals surface area contributed by atoms with Crippen molar-refractivity contribution in [1.29, 1.82) is 0 Å². The average Bonchev–Trinajstić information content (AvgIpc) is 2.74. The summed E-state index contributed by atoms with van der Waals surface area (Å²) < 4.78 is 1.09. The van der Waals surface area contributed by atoms with Crippen LogP contribution >= 0.6 is 15.9 Å². The van der Waals surface area contributed by atoms with E-state index in [1.54, 1.807) is 0 Å². The van der Waals surface area contributed by atoms with Crippen molar-refractivity contribution < 1.29 is 0 Å². The van der Waals surface area contributed by atoms with E-state index in [2.05, 4.69) is 63.9 Å². The Morgan fingerprint density at radius 2 is 1.95 bits per heavy atom. The zero-order chi connectivity index (χ0) is 14.3. The fraction of sp³-hybridized carbons (Fsp3) is 0.562. The maximum absolute atomic E-state index is 6.23. The molecule has 0 amide bonds. The summed E-state index contributed by atoms with van der Waals surface area (Å²) in [5.41, 5.74) is 7.47. The molecule has 1 spiro atoms. The Morgan fingerprint density at radius 3 is 2.65 bits per heavy atom. The normalized spacial score (nSPS) is 33.5. The van der Waals surface area contributed by atoms with Crippen LogP contribution in [0.3, 0.4) is 0 Å². The Hall–Kier alpha value is -1.03. The van der Waals surface area contributed by atoms with Gasteiger partial charge in [-0.15, -0.1) is 0 Å². The van der Waals surface area contributed by atoms with Gasteiger partial charge in [0.15, 0.2) is 5.96 Å². The molecule has 1 aliphatic carbocycles. The molecule has 4 heteroatoms. The van der Waals surface area contributed by atoms with Gasteiger partial charge < -0.3 is 10.6 Å². The van der Waals surface area contributed by atoms with Crippen LogP contribution in [0, 0.1) is 11.8 Å². The number of benzene rings is 1. The van der Waals surface area contributed by atoms with Crippen LogP contribution in [0.1, 0.15) is 33.1 Å². The Kier molecular flexibility index (Phi) is 3.53. The van der Waals surface area contributed by atoms with Crippen molar-refractivity contribution in [2.45, 2.75) is 38.6 Å². The predicted molar refractivity (Wildman–Crippen MR) is 88.0 cm³/mol. The summed E-state index contributed by atoms with van der Waals surface area (Å²) in [6, 6.07) is 8.41. The number of nitrogens with zero attached hydrogens (tertiary/aromatic N) is 2. The number of anilines is 1. The van der Waals surface area contributed by atoms with Crippen LogP contribution in [0.2, 0.25) is 0 Å². The lowest BCUT2D eigenvalue weighted by molar-refractivity contribution is 0.178. The minimum Gasteiger partial charge on any atom is -0.369 e. The predicted octanol–water partition coefficient (Wildman–Crippen LogP) is 3.78. The smallest absolute Gasteiger partial charge is 0.196 e. The van der Waals surface area contributed by atoms with Gasteiger partial charge in [-0.25, -0.2) is 0 Å². The van der Waals surface area contributed by atoms with Gasteiger partial charge in [0.25, 0.3) is 0 Å². The van der Waals surface area contributed by atoms with E-state index in [1.807, 2.05) is 0 Å². The number of halogens is 1. The third-order valence-electron chi connectivity index (χ3n) is 4.99. The zero-order valence-electron chi connectivity index (χ0n) is 12.1. The van der Waals surface area contributed by atoms with E-state index < -0.39 is 0 Å². The van der Waals surface area contributed by atoms with Crippen molar-refractivity contribution in [3.05, 3.63) is 28.7 Å². The summed E-state index contributed by atoms with van der Waals surface area (Å²) in [5.74, 6) is 2.03. The second-order valence-electron chi connectivity index (χ2n) is 6.38. The van der Waals surface area contributed by atoms with Crippen LogP contribution in [-0.4, -0.2) is 18.0 Å². The summed E-state index contributed by atoms with van der Waals surface area (Å²) in [7, 11) is 0. The summed E-state index contributed by atoms with van der Waals surface area (Å²) >= 11 is 3.50. The number of guanidine groups is 1. The van der Waals surface area contributed by atoms with E-state index >= 15 is 0 Å². The fourth-order valence-corrected chi connectivity index (χ4v) is 4.07. The Bertz CT molecular complexity index is 525. The average molecular weight is 336 g/mol. The number of hydrogen-bond acceptors (Lipinski definition) is 3. The van der Waals surface area contributed by atoms with E-state index in [0.29, 0.717) is 11.9 Å². The number of rotatable bonds is 1. The molecule has 108 valence electrons. The van der Waals surface area contributed by atoms with Gasteiger partial charge in [-0.1, -0.05) is 36.2 Å². The SMILES string of the molecule is CC1CCC(C)C2(CN=C(N)N2c2ccc(Br)cc2)C1. The van der Waals surface area contributed by atoms with Crippen LogP contribution < -0.4 is 10.6 Å². The van der Waals surface area contributed by atoms with Crippen molar-refractivity contribution in [2.24, 2.45) is 22.6 Å². The van der Waals surface area contributed by atoms with Gasteiger partial charge in [-0.05, 0) is 48.9 Å². The summed E-state index contributed by atoms with van der Waals surface area (Å²) in [4.78, 5) is 6.88. The summed E-state index contributed by atoms with van der Waals surface area (Å²) in [6.45, 7) is 5.54. The maximum Gasteiger partial charge on any atom is 0.196 e. The van der Waals surface area contributed by atoms with Gasteiger partial charge in [-0.3, -0.25) is 4.99 Å². The fourth-order valence-electron chi connectivity index (χ4n) is 3.81. The van der Waals surface area contributed by atoms with Crippen LogP contribution in [0.4, 0.5) is 5.69 Å². The number of nitrogens with two attached hydrogens (primary N) is 1. The zero-order valence-corrected chi connectivity index (χ0v) is 13.7. The maximum atomic E-state index is 6.23. The third kappa shape index (κ3) is 2.14. The second-order valence-corrected chi connectivity index (χ2v) is 7.29. The lowest BCUT2D eigenvalue weighted by atomic mass is 9.69. The molecule has 2 aliphatic rings. The van der Waals surface area contributed by atoms with Gasteiger partial charge in [0.05, 0.1) is 12.1 Å². The van der Waals surface area contributed by atoms with E-state index in [1.165, 1.54) is 19.3 Å². The highest BCUT2D eigenvalue weighted by molar-refractivity contribution is 9.10. The highest BCUT2D eigenvalue weighted by atomic mass is 79.9. The molecule has 1 saturated carbocycles. The largest absolute Gasteiger partial charge is 0.369 e. The first-order valence-electron chi connectivity index (χ1n) is 7.38. The van der Waals surface area contributed by atoms with Crippen LogP contribution in [0.25, 0.3) is 0 Å². The second kappa shape index (κ2) is 5.06. The standard InChI is InChI=1S/C16H22BrN3/c1-11-3-4-12(2)16(9-11)10-19-15(18)20(16)14-7-5-13(17)6-8-14/h5-8,11-12H,3-4,9-10H2,1-2H3,(H2,18,19). The van der Waals surface area contributed by atoms with Crippen molar-refractivity contribution in [3.8, 4) is 0 Å². The molecule has 3 nitrogen and oxygen atoms in total. The first kappa shape index (κ1) is 13.9. The quantitative estimate of drug-likeness (QED) is 0.848. The van der Waals surface area contributed by atoms with Crippen LogP contribution in [0.15, 0.2) is 33.7 Å². The van der Waals surface area contributed by atoms with Gasteiger partial charge in [0.2, 0.25) is 0 Å². The minimum atomic E-state index is 0.0789. The van der Waals surface area contributed by atoms with E-state index in [4.69, 9.17) is 5.73 Å². The molecule has 1 aromatic rings. The first-order valence-corrected chi connectivity index (χ1v) is 8.18. The minimum absolute atomic E-state index is 0.0789. The highest BCUT2D eigenvalue weighted by Gasteiger charge is 2.49. The van der Waals surface area contributed by atoms with Crippen LogP contribution in [0.5, 0.6) is 0 Å². The summed E-state index contributed by atoms with van der Waals surface area (Å²) in [6.07, 6.45) is 3.75. The molecule has 1 fully saturated rings. The molecular weight excluding hydrogens is 314 g/mol. The highest BCUT2D eigenvalue weighted by Crippen LogP contribution is 2.45. The lowest BCUT2D eigenvalue weighted by Gasteiger charge is -2.48. The van der Waals surface area contributed by atoms with E-state index in [9.17, 15) is 0 Å². The van der Waals surface area contributed by atoms with E-state index in [0.717, 1.165) is 22.6 Å². The van der Waals surface area contributed by atoms with Crippen molar-refractivity contribution in [1.82, 2.24) is 0 Å². The molecule has 2 N–H and O–H groups in total. The van der Waals surface area contributed by atoms with Crippen LogP contribution in [-0.2, 0) is 0 Å². The van der Waals surface area contributed by atoms with Gasteiger partial charge >= 0.3 is 0 Å². The molecule has 0 bridgehead atoms. The van der Waals surface area contributed by atoms with E-state index in [-0.39, 0.29) is 5.54 Å². The lowest BCUT2D eigenvalue weighted by Crippen LogP contribution is -2.58. The molecule has 3 unspecified atom stereocenters. The molecule has 0 saturated heterocycles. The monoisotopic (exact) mass is 335 g/mol.